The Balaban J connectivity index is 1.97. The van der Waals surface area contributed by atoms with E-state index in [2.05, 4.69) is 4.98 Å². The van der Waals surface area contributed by atoms with Crippen LogP contribution in [0.15, 0.2) is 17.1 Å². The average molecular weight is 262 g/mol. The fourth-order valence-corrected chi connectivity index (χ4v) is 2.88. The maximum atomic E-state index is 12.3. The summed E-state index contributed by atoms with van der Waals surface area (Å²) in [6, 6.07) is 1.87. The van der Waals surface area contributed by atoms with Crippen molar-refractivity contribution in [3.8, 4) is 0 Å². The van der Waals surface area contributed by atoms with Gasteiger partial charge < -0.3 is 20.0 Å². The van der Waals surface area contributed by atoms with Crippen LogP contribution in [0.5, 0.6) is 0 Å². The summed E-state index contributed by atoms with van der Waals surface area (Å²) >= 11 is 0. The lowest BCUT2D eigenvalue weighted by Crippen LogP contribution is -2.23. The molecule has 1 fully saturated rings. The lowest BCUT2D eigenvalue weighted by atomic mass is 10.1. The number of hydrogen-bond acceptors (Lipinski definition) is 4. The highest BCUT2D eigenvalue weighted by atomic mass is 16.3. The molecule has 1 unspecified atom stereocenters. The van der Waals surface area contributed by atoms with Gasteiger partial charge in [-0.15, -0.1) is 0 Å². The summed E-state index contributed by atoms with van der Waals surface area (Å²) in [7, 11) is 1.79. The van der Waals surface area contributed by atoms with Gasteiger partial charge in [-0.2, -0.15) is 0 Å². The molecule has 3 N–H and O–H groups in total. The number of hydrogen-bond donors (Lipinski definition) is 2. The van der Waals surface area contributed by atoms with E-state index >= 15 is 0 Å². The molecule has 2 atom stereocenters. The van der Waals surface area contributed by atoms with Gasteiger partial charge in [0.1, 0.15) is 0 Å². The van der Waals surface area contributed by atoms with Crippen molar-refractivity contribution >= 4 is 17.0 Å². The van der Waals surface area contributed by atoms with Crippen LogP contribution < -0.4 is 11.3 Å². The molecule has 0 radical (unpaired) electrons. The van der Waals surface area contributed by atoms with Gasteiger partial charge in [0.15, 0.2) is 5.52 Å². The van der Waals surface area contributed by atoms with Gasteiger partial charge in [-0.3, -0.25) is 4.79 Å². The minimum atomic E-state index is -0.213. The number of anilines is 1. The van der Waals surface area contributed by atoms with Gasteiger partial charge >= 0.3 is 0 Å². The van der Waals surface area contributed by atoms with E-state index in [4.69, 9.17) is 5.73 Å². The minimum Gasteiger partial charge on any atom is -0.393 e. The maximum Gasteiger partial charge on any atom is 0.278 e. The van der Waals surface area contributed by atoms with Crippen molar-refractivity contribution in [2.75, 3.05) is 5.73 Å². The van der Waals surface area contributed by atoms with Crippen molar-refractivity contribution < 1.29 is 5.11 Å². The van der Waals surface area contributed by atoms with E-state index in [0.717, 1.165) is 24.8 Å². The van der Waals surface area contributed by atoms with Crippen molar-refractivity contribution in [3.05, 3.63) is 22.6 Å². The summed E-state index contributed by atoms with van der Waals surface area (Å²) in [5.41, 5.74) is 6.79. The van der Waals surface area contributed by atoms with Gasteiger partial charge in [0.2, 0.25) is 5.95 Å². The number of nitrogens with zero attached hydrogens (tertiary/aromatic N) is 3. The third kappa shape index (κ3) is 2.02. The summed E-state index contributed by atoms with van der Waals surface area (Å²) in [6.45, 7) is 0.641. The number of nitrogen functional groups attached to an aromatic ring is 1. The van der Waals surface area contributed by atoms with E-state index < -0.39 is 0 Å². The number of aromatic nitrogens is 3. The number of aliphatic hydroxyl groups is 1. The Kier molecular flexibility index (Phi) is 2.82. The topological polar surface area (TPSA) is 86.1 Å². The molecule has 1 saturated carbocycles. The van der Waals surface area contributed by atoms with Crippen LogP contribution in [0.3, 0.4) is 0 Å². The molecule has 2 heterocycles. The lowest BCUT2D eigenvalue weighted by Gasteiger charge is -2.11. The Morgan fingerprint density at radius 3 is 3.00 bits per heavy atom. The van der Waals surface area contributed by atoms with Crippen LogP contribution in [-0.2, 0) is 13.6 Å². The molecule has 6 heteroatoms. The monoisotopic (exact) mass is 262 g/mol. The summed E-state index contributed by atoms with van der Waals surface area (Å²) in [4.78, 5) is 16.5. The zero-order valence-electron chi connectivity index (χ0n) is 10.9. The molecule has 3 rings (SSSR count). The largest absolute Gasteiger partial charge is 0.393 e. The predicted molar refractivity (Wildman–Crippen MR) is 72.7 cm³/mol. The number of aryl methyl sites for hydroxylation is 1. The maximum absolute atomic E-state index is 12.3. The predicted octanol–water partition coefficient (Wildman–Crippen LogP) is 0.478. The summed E-state index contributed by atoms with van der Waals surface area (Å²) in [6.07, 6.45) is 4.15. The zero-order valence-corrected chi connectivity index (χ0v) is 10.9. The third-order valence-electron chi connectivity index (χ3n) is 4.02. The normalized spacial score (nSPS) is 23.3. The van der Waals surface area contributed by atoms with Gasteiger partial charge in [0.25, 0.3) is 5.56 Å². The Labute approximate surface area is 110 Å². The van der Waals surface area contributed by atoms with Crippen molar-refractivity contribution in [3.63, 3.8) is 0 Å². The lowest BCUT2D eigenvalue weighted by molar-refractivity contribution is 0.176. The van der Waals surface area contributed by atoms with Crippen LogP contribution in [0, 0.1) is 5.92 Å². The highest BCUT2D eigenvalue weighted by Gasteiger charge is 2.23. The molecule has 0 spiro atoms. The minimum absolute atomic E-state index is 0.105. The number of rotatable bonds is 2. The molecular weight excluding hydrogens is 244 g/mol. The number of pyridine rings is 1. The van der Waals surface area contributed by atoms with E-state index in [0.29, 0.717) is 23.9 Å². The van der Waals surface area contributed by atoms with E-state index in [-0.39, 0.29) is 11.7 Å². The summed E-state index contributed by atoms with van der Waals surface area (Å²) < 4.78 is 3.39. The Morgan fingerprint density at radius 1 is 1.53 bits per heavy atom. The number of fused-ring (bicyclic) bond motifs is 1. The Bertz CT molecular complexity index is 673. The smallest absolute Gasteiger partial charge is 0.278 e. The van der Waals surface area contributed by atoms with Crippen LogP contribution >= 0.6 is 0 Å². The van der Waals surface area contributed by atoms with Gasteiger partial charge in [-0.05, 0) is 31.2 Å². The second-order valence-electron chi connectivity index (χ2n) is 5.37. The first-order valence-corrected chi connectivity index (χ1v) is 6.55. The van der Waals surface area contributed by atoms with Crippen molar-refractivity contribution in [2.45, 2.75) is 31.9 Å². The molecule has 102 valence electrons. The van der Waals surface area contributed by atoms with Crippen molar-refractivity contribution in [1.29, 1.82) is 0 Å². The molecule has 0 bridgehead atoms. The van der Waals surface area contributed by atoms with Crippen LogP contribution in [-0.4, -0.2) is 25.3 Å². The summed E-state index contributed by atoms with van der Waals surface area (Å²) in [5, 5.41) is 9.54. The number of aliphatic hydroxyl groups excluding tert-OH is 1. The van der Waals surface area contributed by atoms with Crippen LogP contribution in [0.4, 0.5) is 5.95 Å². The second kappa shape index (κ2) is 4.38. The zero-order chi connectivity index (χ0) is 13.6. The molecule has 0 aliphatic heterocycles. The first-order chi connectivity index (χ1) is 9.06. The van der Waals surface area contributed by atoms with E-state index in [1.54, 1.807) is 22.4 Å². The first kappa shape index (κ1) is 12.2. The Morgan fingerprint density at radius 2 is 2.32 bits per heavy atom. The van der Waals surface area contributed by atoms with Gasteiger partial charge in [-0.25, -0.2) is 4.98 Å². The first-order valence-electron chi connectivity index (χ1n) is 6.55. The highest BCUT2D eigenvalue weighted by molar-refractivity contribution is 5.76. The molecule has 2 aromatic heterocycles. The van der Waals surface area contributed by atoms with E-state index in [1.807, 2.05) is 6.07 Å². The molecule has 19 heavy (non-hydrogen) atoms. The SMILES string of the molecule is Cn1c(N)nc2c(=O)n(CC3CC[C@H](O)C3)ccc21. The molecule has 2 aromatic rings. The van der Waals surface area contributed by atoms with Crippen molar-refractivity contribution in [2.24, 2.45) is 13.0 Å². The van der Waals surface area contributed by atoms with Gasteiger partial charge in [0.05, 0.1) is 11.6 Å². The quantitative estimate of drug-likeness (QED) is 0.824. The standard InChI is InChI=1S/C13H18N4O2/c1-16-10-4-5-17(7-8-2-3-9(18)6-8)12(19)11(10)15-13(16)14/h4-5,8-9,18H,2-3,6-7H2,1H3,(H2,14,15)/t8?,9-/m0/s1. The van der Waals surface area contributed by atoms with Crippen LogP contribution in [0.1, 0.15) is 19.3 Å². The van der Waals surface area contributed by atoms with E-state index in [9.17, 15) is 9.90 Å². The second-order valence-corrected chi connectivity index (χ2v) is 5.37. The van der Waals surface area contributed by atoms with Crippen LogP contribution in [0.25, 0.3) is 11.0 Å². The fourth-order valence-electron chi connectivity index (χ4n) is 2.88. The van der Waals surface area contributed by atoms with Crippen LogP contribution in [0.2, 0.25) is 0 Å². The number of nitrogens with two attached hydrogens (primary N) is 1. The average Bonchev–Trinajstić information content (AvgIpc) is 2.90. The molecule has 0 saturated heterocycles. The molecule has 0 aromatic carbocycles. The third-order valence-corrected chi connectivity index (χ3v) is 4.02. The Hall–Kier alpha value is -1.82. The van der Waals surface area contributed by atoms with Crippen molar-refractivity contribution in [1.82, 2.24) is 14.1 Å². The molecule has 1 aliphatic rings. The highest BCUT2D eigenvalue weighted by Crippen LogP contribution is 2.26. The van der Waals surface area contributed by atoms with Gasteiger partial charge in [-0.1, -0.05) is 0 Å². The fraction of sp³-hybridized carbons (Fsp3) is 0.538. The van der Waals surface area contributed by atoms with Gasteiger partial charge in [0, 0.05) is 19.8 Å². The molecule has 1 aliphatic carbocycles. The number of imidazole rings is 1. The summed E-state index contributed by atoms with van der Waals surface area (Å²) in [5.74, 6) is 0.715. The van der Waals surface area contributed by atoms with E-state index in [1.165, 1.54) is 0 Å². The molecule has 6 nitrogen and oxygen atoms in total. The molecular formula is C13H18N4O2. The molecule has 0 amide bonds.